The minimum Gasteiger partial charge on any atom is -0.395 e. The number of unbranched alkanes of at least 4 members (excludes halogenated alkanes) is 4. The zero-order valence-electron chi connectivity index (χ0n) is 19.7. The Labute approximate surface area is 184 Å². The van der Waals surface area contributed by atoms with E-state index in [0.717, 1.165) is 38.5 Å². The second kappa shape index (κ2) is 19.3. The second-order valence-electron chi connectivity index (χ2n) is 7.90. The molecule has 3 N–H and O–H groups in total. The molecule has 2 amide bonds. The van der Waals surface area contributed by atoms with Gasteiger partial charge in [0.15, 0.2) is 0 Å². The molecule has 0 spiro atoms. The summed E-state index contributed by atoms with van der Waals surface area (Å²) in [6.45, 7) is 9.93. The normalized spacial score (nSPS) is 13.8. The Morgan fingerprint density at radius 3 is 1.63 bits per heavy atom. The zero-order valence-corrected chi connectivity index (χ0v) is 19.7. The summed E-state index contributed by atoms with van der Waals surface area (Å²) in [6, 6.07) is 0.122. The van der Waals surface area contributed by atoms with Crippen molar-refractivity contribution in [2.45, 2.75) is 91.1 Å². The van der Waals surface area contributed by atoms with Gasteiger partial charge >= 0.3 is 0 Å². The van der Waals surface area contributed by atoms with E-state index in [1.165, 1.54) is 0 Å². The second-order valence-corrected chi connectivity index (χ2v) is 7.90. The number of hydrogen-bond acceptors (Lipinski definition) is 4. The predicted molar refractivity (Wildman–Crippen MR) is 125 cm³/mol. The van der Waals surface area contributed by atoms with Gasteiger partial charge in [-0.05, 0) is 26.7 Å². The highest BCUT2D eigenvalue weighted by atomic mass is 16.3. The Kier molecular flexibility index (Phi) is 18.2. The molecule has 0 heterocycles. The summed E-state index contributed by atoms with van der Waals surface area (Å²) in [5.41, 5.74) is 0. The predicted octanol–water partition coefficient (Wildman–Crippen LogP) is 3.56. The summed E-state index contributed by atoms with van der Waals surface area (Å²) in [5, 5.41) is 15.4. The Bertz CT molecular complexity index is 464. The van der Waals surface area contributed by atoms with E-state index in [1.54, 1.807) is 0 Å². The number of carbonyl (C=O) groups excluding carboxylic acids is 2. The highest BCUT2D eigenvalue weighted by Gasteiger charge is 2.20. The van der Waals surface area contributed by atoms with E-state index in [-0.39, 0.29) is 30.5 Å². The van der Waals surface area contributed by atoms with Crippen LogP contribution in [-0.4, -0.2) is 60.1 Å². The number of carbonyl (C=O) groups is 2. The van der Waals surface area contributed by atoms with Gasteiger partial charge in [0, 0.05) is 44.6 Å². The average molecular weight is 424 g/mol. The number of nitrogens with one attached hydrogen (secondary N) is 2. The standard InChI is InChI=1S/C24H45N3O3/c1-5-7-9-11-13-15-23(29)25-19-21(3)27(17-18-28)22(4)20-26-24(30)16-14-12-10-8-6-2/h11-14,21-22,28H,5-10,15-20H2,1-4H3,(H,25,29)(H,26,30)/b13-11+,14-12+. The van der Waals surface area contributed by atoms with Crippen molar-refractivity contribution in [2.75, 3.05) is 26.2 Å². The summed E-state index contributed by atoms with van der Waals surface area (Å²) in [4.78, 5) is 26.2. The number of aliphatic hydroxyl groups excluding tert-OH is 1. The maximum atomic E-state index is 12.0. The van der Waals surface area contributed by atoms with E-state index in [4.69, 9.17) is 0 Å². The van der Waals surface area contributed by atoms with E-state index in [0.29, 0.717) is 32.5 Å². The van der Waals surface area contributed by atoms with Crippen molar-refractivity contribution in [3.63, 3.8) is 0 Å². The van der Waals surface area contributed by atoms with Gasteiger partial charge in [0.2, 0.25) is 11.8 Å². The molecule has 0 aromatic heterocycles. The molecule has 0 radical (unpaired) electrons. The van der Waals surface area contributed by atoms with Crippen LogP contribution in [0.25, 0.3) is 0 Å². The van der Waals surface area contributed by atoms with E-state index < -0.39 is 0 Å². The van der Waals surface area contributed by atoms with Crippen molar-refractivity contribution < 1.29 is 14.7 Å². The van der Waals surface area contributed by atoms with Gasteiger partial charge in [-0.15, -0.1) is 0 Å². The van der Waals surface area contributed by atoms with Gasteiger partial charge in [0.05, 0.1) is 6.61 Å². The van der Waals surface area contributed by atoms with Crippen LogP contribution < -0.4 is 10.6 Å². The van der Waals surface area contributed by atoms with Gasteiger partial charge in [-0.25, -0.2) is 0 Å². The average Bonchev–Trinajstić information content (AvgIpc) is 2.73. The molecule has 0 fully saturated rings. The number of allylic oxidation sites excluding steroid dienone is 2. The molecule has 2 unspecified atom stereocenters. The summed E-state index contributed by atoms with van der Waals surface area (Å²) in [5.74, 6) is 0.0173. The first-order chi connectivity index (χ1) is 14.5. The Morgan fingerprint density at radius 2 is 1.27 bits per heavy atom. The van der Waals surface area contributed by atoms with Gasteiger partial charge in [0.1, 0.15) is 0 Å². The highest BCUT2D eigenvalue weighted by molar-refractivity contribution is 5.77. The van der Waals surface area contributed by atoms with Gasteiger partial charge in [-0.3, -0.25) is 14.5 Å². The third-order valence-corrected chi connectivity index (χ3v) is 5.07. The summed E-state index contributed by atoms with van der Waals surface area (Å²) in [6.07, 6.45) is 15.4. The molecule has 0 aromatic rings. The minimum absolute atomic E-state index is 0.00867. The van der Waals surface area contributed by atoms with E-state index in [2.05, 4.69) is 41.5 Å². The fourth-order valence-electron chi connectivity index (χ4n) is 3.15. The lowest BCUT2D eigenvalue weighted by Crippen LogP contribution is -2.51. The van der Waals surface area contributed by atoms with Crippen molar-refractivity contribution in [3.8, 4) is 0 Å². The zero-order chi connectivity index (χ0) is 22.6. The number of hydrogen-bond donors (Lipinski definition) is 3. The maximum Gasteiger partial charge on any atom is 0.223 e. The molecule has 6 nitrogen and oxygen atoms in total. The Balaban J connectivity index is 4.33. The molecule has 2 atom stereocenters. The lowest BCUT2D eigenvalue weighted by molar-refractivity contribution is -0.121. The van der Waals surface area contributed by atoms with Crippen LogP contribution in [-0.2, 0) is 9.59 Å². The number of nitrogens with zero attached hydrogens (tertiary/aromatic N) is 1. The number of rotatable bonds is 18. The van der Waals surface area contributed by atoms with Crippen molar-refractivity contribution >= 4 is 11.8 Å². The smallest absolute Gasteiger partial charge is 0.223 e. The molecule has 0 aliphatic heterocycles. The fourth-order valence-corrected chi connectivity index (χ4v) is 3.15. The molecule has 0 rings (SSSR count). The molecule has 0 saturated heterocycles. The van der Waals surface area contributed by atoms with Crippen molar-refractivity contribution in [3.05, 3.63) is 24.3 Å². The number of amides is 2. The molecule has 0 aromatic carbocycles. The molecule has 0 aliphatic rings. The lowest BCUT2D eigenvalue weighted by Gasteiger charge is -2.34. The summed E-state index contributed by atoms with van der Waals surface area (Å²) >= 11 is 0. The SMILES string of the molecule is CCCC/C=C/CC(=O)NCC(C)N(CCO)C(C)CNC(=O)C/C=C/CCCC. The van der Waals surface area contributed by atoms with Gasteiger partial charge < -0.3 is 15.7 Å². The van der Waals surface area contributed by atoms with Gasteiger partial charge in [0.25, 0.3) is 0 Å². The van der Waals surface area contributed by atoms with Gasteiger partial charge in [-0.1, -0.05) is 63.8 Å². The third kappa shape index (κ3) is 15.2. The number of aliphatic hydroxyl groups is 1. The van der Waals surface area contributed by atoms with Crippen LogP contribution >= 0.6 is 0 Å². The van der Waals surface area contributed by atoms with Crippen molar-refractivity contribution in [1.82, 2.24) is 15.5 Å². The molecule has 30 heavy (non-hydrogen) atoms. The molecule has 0 aliphatic carbocycles. The molecule has 0 saturated carbocycles. The van der Waals surface area contributed by atoms with Gasteiger partial charge in [-0.2, -0.15) is 0 Å². The summed E-state index contributed by atoms with van der Waals surface area (Å²) in [7, 11) is 0. The Hall–Kier alpha value is -1.66. The van der Waals surface area contributed by atoms with Crippen LogP contribution in [0.5, 0.6) is 0 Å². The largest absolute Gasteiger partial charge is 0.395 e. The molecular weight excluding hydrogens is 378 g/mol. The lowest BCUT2D eigenvalue weighted by atomic mass is 10.2. The van der Waals surface area contributed by atoms with Crippen LogP contribution in [0.4, 0.5) is 0 Å². The van der Waals surface area contributed by atoms with E-state index in [1.807, 2.05) is 26.0 Å². The maximum absolute atomic E-state index is 12.0. The molecular formula is C24H45N3O3. The molecule has 6 heteroatoms. The van der Waals surface area contributed by atoms with E-state index in [9.17, 15) is 14.7 Å². The van der Waals surface area contributed by atoms with Crippen LogP contribution in [0.2, 0.25) is 0 Å². The first kappa shape index (κ1) is 28.3. The quantitative estimate of drug-likeness (QED) is 0.233. The molecule has 174 valence electrons. The van der Waals surface area contributed by atoms with Crippen LogP contribution in [0.1, 0.15) is 79.1 Å². The Morgan fingerprint density at radius 1 is 0.833 bits per heavy atom. The van der Waals surface area contributed by atoms with Crippen LogP contribution in [0, 0.1) is 0 Å². The topological polar surface area (TPSA) is 81.7 Å². The van der Waals surface area contributed by atoms with Crippen LogP contribution in [0.3, 0.4) is 0 Å². The van der Waals surface area contributed by atoms with Crippen molar-refractivity contribution in [2.24, 2.45) is 0 Å². The van der Waals surface area contributed by atoms with Crippen molar-refractivity contribution in [1.29, 1.82) is 0 Å². The third-order valence-electron chi connectivity index (χ3n) is 5.07. The summed E-state index contributed by atoms with van der Waals surface area (Å²) < 4.78 is 0. The van der Waals surface area contributed by atoms with Crippen LogP contribution in [0.15, 0.2) is 24.3 Å². The fraction of sp³-hybridized carbons (Fsp3) is 0.750. The first-order valence-electron chi connectivity index (χ1n) is 11.7. The highest BCUT2D eigenvalue weighted by Crippen LogP contribution is 2.05. The molecule has 0 bridgehead atoms. The monoisotopic (exact) mass is 423 g/mol. The first-order valence-corrected chi connectivity index (χ1v) is 11.7. The minimum atomic E-state index is 0.00867. The van der Waals surface area contributed by atoms with E-state index >= 15 is 0 Å².